The lowest BCUT2D eigenvalue weighted by Gasteiger charge is -2.39. The SMILES string of the molecule is C=CCN(C(=O)[C@@H]1[C@H]2C(=O)N([C@H](C)CO)C(C(=O)N(CC=C)C(C)C)C23CC[C@@]1(C)O3)c1ccccc1. The average Bonchev–Trinajstić information content (AvgIpc) is 3.45. The summed E-state index contributed by atoms with van der Waals surface area (Å²) in [6.07, 6.45) is 4.37. The van der Waals surface area contributed by atoms with Crippen molar-refractivity contribution in [2.45, 2.75) is 69.9 Å². The van der Waals surface area contributed by atoms with E-state index < -0.39 is 35.1 Å². The number of carbonyl (C=O) groups is 3. The van der Waals surface area contributed by atoms with Crippen LogP contribution in [0.25, 0.3) is 0 Å². The number of fused-ring (bicyclic) bond motifs is 1. The minimum atomic E-state index is -1.14. The Morgan fingerprint density at radius 3 is 2.35 bits per heavy atom. The number of aliphatic hydroxyl groups is 1. The van der Waals surface area contributed by atoms with Crippen LogP contribution in [0.15, 0.2) is 55.6 Å². The van der Waals surface area contributed by atoms with E-state index in [0.717, 1.165) is 0 Å². The van der Waals surface area contributed by atoms with E-state index in [-0.39, 0.29) is 36.9 Å². The van der Waals surface area contributed by atoms with E-state index in [1.165, 1.54) is 4.90 Å². The number of likely N-dealkylation sites (tertiary alicyclic amines) is 1. The number of benzene rings is 1. The first kappa shape index (κ1) is 27.1. The van der Waals surface area contributed by atoms with Crippen LogP contribution in [0.2, 0.25) is 0 Å². The molecule has 8 nitrogen and oxygen atoms in total. The molecular weight excluding hydrogens is 470 g/mol. The Morgan fingerprint density at radius 2 is 1.78 bits per heavy atom. The Labute approximate surface area is 219 Å². The highest BCUT2D eigenvalue weighted by atomic mass is 16.5. The van der Waals surface area contributed by atoms with Crippen molar-refractivity contribution in [2.75, 3.05) is 24.6 Å². The van der Waals surface area contributed by atoms with E-state index in [0.29, 0.717) is 25.1 Å². The van der Waals surface area contributed by atoms with Crippen LogP contribution in [0.1, 0.15) is 40.5 Å². The fourth-order valence-corrected chi connectivity index (χ4v) is 6.66. The molecule has 1 aromatic rings. The third kappa shape index (κ3) is 4.10. The van der Waals surface area contributed by atoms with Crippen molar-refractivity contribution < 1.29 is 24.2 Å². The second-order valence-electron chi connectivity index (χ2n) is 11.0. The lowest BCUT2D eigenvalue weighted by Crippen LogP contribution is -2.59. The van der Waals surface area contributed by atoms with Gasteiger partial charge in [-0.3, -0.25) is 14.4 Å². The van der Waals surface area contributed by atoms with Gasteiger partial charge in [0.25, 0.3) is 0 Å². The molecule has 6 atom stereocenters. The minimum absolute atomic E-state index is 0.130. The molecule has 0 aromatic heterocycles. The summed E-state index contributed by atoms with van der Waals surface area (Å²) in [4.78, 5) is 47.4. The van der Waals surface area contributed by atoms with E-state index >= 15 is 0 Å². The number of hydrogen-bond acceptors (Lipinski definition) is 5. The molecule has 3 amide bonds. The van der Waals surface area contributed by atoms with E-state index in [9.17, 15) is 19.5 Å². The molecule has 200 valence electrons. The van der Waals surface area contributed by atoms with Gasteiger partial charge in [-0.1, -0.05) is 30.4 Å². The molecule has 37 heavy (non-hydrogen) atoms. The molecule has 8 heteroatoms. The summed E-state index contributed by atoms with van der Waals surface area (Å²) in [6, 6.07) is 7.64. The van der Waals surface area contributed by atoms with Crippen LogP contribution in [0, 0.1) is 11.8 Å². The molecule has 2 bridgehead atoms. The Hall–Kier alpha value is -2.97. The molecule has 0 aliphatic carbocycles. The molecule has 1 spiro atoms. The van der Waals surface area contributed by atoms with Gasteiger partial charge in [0.2, 0.25) is 17.7 Å². The zero-order valence-electron chi connectivity index (χ0n) is 22.3. The van der Waals surface area contributed by atoms with Crippen LogP contribution in [0.5, 0.6) is 0 Å². The number of hydrogen-bond donors (Lipinski definition) is 1. The van der Waals surface area contributed by atoms with Crippen LogP contribution in [0.3, 0.4) is 0 Å². The van der Waals surface area contributed by atoms with Gasteiger partial charge in [0.15, 0.2) is 0 Å². The van der Waals surface area contributed by atoms with E-state index in [1.54, 1.807) is 28.9 Å². The Balaban J connectivity index is 1.82. The number of anilines is 1. The van der Waals surface area contributed by atoms with Gasteiger partial charge in [-0.25, -0.2) is 0 Å². The van der Waals surface area contributed by atoms with Gasteiger partial charge >= 0.3 is 0 Å². The molecule has 1 aromatic carbocycles. The van der Waals surface area contributed by atoms with Gasteiger partial charge in [0.05, 0.1) is 30.1 Å². The van der Waals surface area contributed by atoms with Crippen LogP contribution >= 0.6 is 0 Å². The molecule has 3 aliphatic rings. The van der Waals surface area contributed by atoms with Gasteiger partial charge in [-0.2, -0.15) is 0 Å². The first-order valence-corrected chi connectivity index (χ1v) is 13.1. The Kier molecular flexibility index (Phi) is 7.36. The zero-order chi connectivity index (χ0) is 27.1. The third-order valence-electron chi connectivity index (χ3n) is 8.33. The van der Waals surface area contributed by atoms with Crippen molar-refractivity contribution in [1.29, 1.82) is 0 Å². The summed E-state index contributed by atoms with van der Waals surface area (Å²) >= 11 is 0. The smallest absolute Gasteiger partial charge is 0.248 e. The molecule has 3 saturated heterocycles. The molecule has 3 fully saturated rings. The average molecular weight is 510 g/mol. The van der Waals surface area contributed by atoms with Crippen LogP contribution in [-0.4, -0.2) is 81.7 Å². The summed E-state index contributed by atoms with van der Waals surface area (Å²) in [6.45, 7) is 15.4. The van der Waals surface area contributed by atoms with Gasteiger partial charge in [0, 0.05) is 24.8 Å². The second-order valence-corrected chi connectivity index (χ2v) is 11.0. The van der Waals surface area contributed by atoms with Gasteiger partial charge < -0.3 is 24.5 Å². The highest BCUT2D eigenvalue weighted by Gasteiger charge is 2.78. The van der Waals surface area contributed by atoms with Crippen molar-refractivity contribution in [3.63, 3.8) is 0 Å². The molecule has 3 aliphatic heterocycles. The topological polar surface area (TPSA) is 90.4 Å². The highest BCUT2D eigenvalue weighted by molar-refractivity contribution is 6.03. The lowest BCUT2D eigenvalue weighted by atomic mass is 9.66. The second kappa shape index (κ2) is 10.1. The van der Waals surface area contributed by atoms with E-state index in [4.69, 9.17) is 4.74 Å². The minimum Gasteiger partial charge on any atom is -0.394 e. The number of para-hydroxylation sites is 1. The van der Waals surface area contributed by atoms with Crippen molar-refractivity contribution >= 4 is 23.4 Å². The van der Waals surface area contributed by atoms with Crippen LogP contribution < -0.4 is 4.90 Å². The lowest BCUT2D eigenvalue weighted by molar-refractivity contribution is -0.155. The fraction of sp³-hybridized carbons (Fsp3) is 0.552. The Bertz CT molecular complexity index is 1070. The summed E-state index contributed by atoms with van der Waals surface area (Å²) in [5.74, 6) is -2.36. The first-order valence-electron chi connectivity index (χ1n) is 13.1. The number of aliphatic hydroxyl groups excluding tert-OH is 1. The molecule has 1 N–H and O–H groups in total. The molecule has 0 saturated carbocycles. The standard InChI is InChI=1S/C29H39N3O5/c1-7-16-30(19(3)4)27(36)24-29-15-14-28(6,37-29)22(23(29)26(35)32(24)20(5)18-33)25(34)31(17-8-2)21-12-10-9-11-13-21/h7-13,19-20,22-24,33H,1-2,14-18H2,3-6H3/t20-,22+,23+,24?,28-,29?/m1/s1. The fourth-order valence-electron chi connectivity index (χ4n) is 6.66. The van der Waals surface area contributed by atoms with E-state index in [1.807, 2.05) is 51.1 Å². The van der Waals surface area contributed by atoms with Gasteiger partial charge in [-0.15, -0.1) is 13.2 Å². The summed E-state index contributed by atoms with van der Waals surface area (Å²) in [5.41, 5.74) is -1.32. The van der Waals surface area contributed by atoms with Gasteiger partial charge in [0.1, 0.15) is 11.6 Å². The first-order chi connectivity index (χ1) is 17.6. The molecular formula is C29H39N3O5. The van der Waals surface area contributed by atoms with Gasteiger partial charge in [-0.05, 0) is 52.7 Å². The zero-order valence-corrected chi connectivity index (χ0v) is 22.3. The third-order valence-corrected chi connectivity index (χ3v) is 8.33. The number of carbonyl (C=O) groups excluding carboxylic acids is 3. The van der Waals surface area contributed by atoms with E-state index in [2.05, 4.69) is 13.2 Å². The predicted molar refractivity (Wildman–Crippen MR) is 142 cm³/mol. The molecule has 4 rings (SSSR count). The predicted octanol–water partition coefficient (Wildman–Crippen LogP) is 2.77. The number of rotatable bonds is 10. The van der Waals surface area contributed by atoms with Crippen molar-refractivity contribution in [2.24, 2.45) is 11.8 Å². The maximum atomic E-state index is 14.3. The highest BCUT2D eigenvalue weighted by Crippen LogP contribution is 2.64. The summed E-state index contributed by atoms with van der Waals surface area (Å²) in [7, 11) is 0. The Morgan fingerprint density at radius 1 is 1.14 bits per heavy atom. The number of ether oxygens (including phenoxy) is 1. The maximum absolute atomic E-state index is 14.3. The summed E-state index contributed by atoms with van der Waals surface area (Å²) < 4.78 is 6.72. The van der Waals surface area contributed by atoms with Crippen molar-refractivity contribution in [3.8, 4) is 0 Å². The number of amides is 3. The van der Waals surface area contributed by atoms with Crippen LogP contribution in [0.4, 0.5) is 5.69 Å². The van der Waals surface area contributed by atoms with Crippen LogP contribution in [-0.2, 0) is 19.1 Å². The molecule has 2 unspecified atom stereocenters. The monoisotopic (exact) mass is 509 g/mol. The normalized spacial score (nSPS) is 30.8. The summed E-state index contributed by atoms with van der Waals surface area (Å²) in [5, 5.41) is 10.1. The van der Waals surface area contributed by atoms with Crippen molar-refractivity contribution in [3.05, 3.63) is 55.6 Å². The number of nitrogens with zero attached hydrogens (tertiary/aromatic N) is 3. The molecule has 0 radical (unpaired) electrons. The quantitative estimate of drug-likeness (QED) is 0.490. The largest absolute Gasteiger partial charge is 0.394 e. The molecule has 3 heterocycles. The van der Waals surface area contributed by atoms with Crippen molar-refractivity contribution in [1.82, 2.24) is 9.80 Å². The maximum Gasteiger partial charge on any atom is 0.248 e.